The lowest BCUT2D eigenvalue weighted by atomic mass is 9.90. The van der Waals surface area contributed by atoms with E-state index in [9.17, 15) is 4.79 Å². The number of fused-ring (bicyclic) bond motifs is 1. The van der Waals surface area contributed by atoms with Gasteiger partial charge in [-0.2, -0.15) is 0 Å². The Kier molecular flexibility index (Phi) is 4.07. The van der Waals surface area contributed by atoms with Crippen LogP contribution in [0.3, 0.4) is 0 Å². The summed E-state index contributed by atoms with van der Waals surface area (Å²) in [6.45, 7) is 8.04. The van der Waals surface area contributed by atoms with Crippen LogP contribution in [0.15, 0.2) is 24.5 Å². The normalized spacial score (nSPS) is 18.7. The summed E-state index contributed by atoms with van der Waals surface area (Å²) in [7, 11) is 1.42. The van der Waals surface area contributed by atoms with Gasteiger partial charge in [0.2, 0.25) is 0 Å². The van der Waals surface area contributed by atoms with E-state index in [0.29, 0.717) is 0 Å². The Morgan fingerprint density at radius 2 is 1.90 bits per heavy atom. The van der Waals surface area contributed by atoms with E-state index in [4.69, 9.17) is 14.4 Å². The lowest BCUT2D eigenvalue weighted by molar-refractivity contribution is 0.00578. The van der Waals surface area contributed by atoms with Gasteiger partial charge in [0.1, 0.15) is 5.69 Å². The van der Waals surface area contributed by atoms with Crippen LogP contribution >= 0.6 is 0 Å². The van der Waals surface area contributed by atoms with Crippen LogP contribution in [0.4, 0.5) is 0 Å². The molecule has 1 aliphatic heterocycles. The average molecular weight is 289 g/mol. The summed E-state index contributed by atoms with van der Waals surface area (Å²) in [5, 5.41) is 9.50. The Balaban J connectivity index is 0.000000161. The van der Waals surface area contributed by atoms with Crippen molar-refractivity contribution in [3.8, 4) is 0 Å². The van der Waals surface area contributed by atoms with Crippen LogP contribution < -0.4 is 0 Å². The predicted octanol–water partition coefficient (Wildman–Crippen LogP) is 2.39. The quantitative estimate of drug-likeness (QED) is 0.787. The largest absolute Gasteiger partial charge is 0.488 e. The number of carboxylic acid groups (broad SMARTS) is 1. The highest BCUT2D eigenvalue weighted by Crippen LogP contribution is 2.33. The number of aromatic carboxylic acids is 1. The van der Waals surface area contributed by atoms with Crippen molar-refractivity contribution >= 4 is 24.6 Å². The summed E-state index contributed by atoms with van der Waals surface area (Å²) >= 11 is 0. The lowest BCUT2D eigenvalue weighted by Crippen LogP contribution is -2.41. The van der Waals surface area contributed by atoms with Gasteiger partial charge < -0.3 is 19.4 Å². The van der Waals surface area contributed by atoms with E-state index in [0.717, 1.165) is 10.9 Å². The zero-order valence-electron chi connectivity index (χ0n) is 12.5. The average Bonchev–Trinajstić information content (AvgIpc) is 2.91. The first-order valence-electron chi connectivity index (χ1n) is 6.56. The molecule has 0 atom stereocenters. The second kappa shape index (κ2) is 5.50. The molecule has 3 heterocycles. The number of carboxylic acids is 1. The van der Waals surface area contributed by atoms with Gasteiger partial charge in [-0.05, 0) is 39.8 Å². The summed E-state index contributed by atoms with van der Waals surface area (Å²) in [6.07, 6.45) is 3.23. The van der Waals surface area contributed by atoms with Gasteiger partial charge in [0.05, 0.1) is 22.9 Å². The van der Waals surface area contributed by atoms with Gasteiger partial charge in [-0.15, -0.1) is 0 Å². The molecule has 1 aliphatic rings. The molecule has 2 aromatic heterocycles. The molecule has 0 unspecified atom stereocenters. The monoisotopic (exact) mass is 289 g/mol. The molecule has 1 saturated heterocycles. The molecule has 0 bridgehead atoms. The lowest BCUT2D eigenvalue weighted by Gasteiger charge is -2.32. The van der Waals surface area contributed by atoms with E-state index in [1.165, 1.54) is 7.69 Å². The number of H-pyrrole nitrogens is 1. The number of nitrogens with one attached hydrogen (secondary N) is 1. The van der Waals surface area contributed by atoms with Gasteiger partial charge in [0.25, 0.3) is 0 Å². The molecule has 1 radical (unpaired) electrons. The van der Waals surface area contributed by atoms with Gasteiger partial charge in [-0.1, -0.05) is 0 Å². The minimum Gasteiger partial charge on any atom is -0.477 e. The fourth-order valence-electron chi connectivity index (χ4n) is 1.64. The molecule has 2 N–H and O–H groups in total. The third-order valence-electron chi connectivity index (χ3n) is 3.79. The van der Waals surface area contributed by atoms with E-state index < -0.39 is 5.97 Å². The molecule has 6 nitrogen and oxygen atoms in total. The SMILES string of the molecule is CC1(C)O[B]OC1(C)C.O=C(O)c1cc2ccncc2[nH]1. The van der Waals surface area contributed by atoms with Crippen molar-refractivity contribution in [2.75, 3.05) is 0 Å². The zero-order chi connectivity index (χ0) is 15.7. The molecular weight excluding hydrogens is 271 g/mol. The van der Waals surface area contributed by atoms with Crippen molar-refractivity contribution in [1.82, 2.24) is 9.97 Å². The maximum Gasteiger partial charge on any atom is 0.488 e. The van der Waals surface area contributed by atoms with Crippen LogP contribution in [0.1, 0.15) is 38.2 Å². The molecule has 0 aliphatic carbocycles. The highest BCUT2D eigenvalue weighted by molar-refractivity contribution is 6.19. The number of rotatable bonds is 1. The molecule has 2 aromatic rings. The molecule has 0 aromatic carbocycles. The molecule has 0 spiro atoms. The van der Waals surface area contributed by atoms with E-state index >= 15 is 0 Å². The summed E-state index contributed by atoms with van der Waals surface area (Å²) in [4.78, 5) is 17.1. The van der Waals surface area contributed by atoms with Crippen LogP contribution in [0.25, 0.3) is 10.9 Å². The topological polar surface area (TPSA) is 84.4 Å². The second-order valence-corrected chi connectivity index (χ2v) is 5.80. The van der Waals surface area contributed by atoms with Gasteiger partial charge in [0.15, 0.2) is 0 Å². The van der Waals surface area contributed by atoms with Crippen molar-refractivity contribution in [2.24, 2.45) is 0 Å². The van der Waals surface area contributed by atoms with Crippen LogP contribution in [-0.2, 0) is 9.31 Å². The van der Waals surface area contributed by atoms with Crippen LogP contribution in [0, 0.1) is 0 Å². The van der Waals surface area contributed by atoms with Crippen LogP contribution in [0.5, 0.6) is 0 Å². The smallest absolute Gasteiger partial charge is 0.477 e. The number of carbonyl (C=O) groups is 1. The van der Waals surface area contributed by atoms with Gasteiger partial charge in [-0.25, -0.2) is 4.79 Å². The maximum absolute atomic E-state index is 10.5. The van der Waals surface area contributed by atoms with E-state index in [2.05, 4.69) is 9.97 Å². The fourth-order valence-corrected chi connectivity index (χ4v) is 1.64. The summed E-state index contributed by atoms with van der Waals surface area (Å²) in [6, 6.07) is 3.34. The first kappa shape index (κ1) is 15.5. The molecule has 21 heavy (non-hydrogen) atoms. The molecule has 111 valence electrons. The molecule has 0 amide bonds. The van der Waals surface area contributed by atoms with E-state index in [1.54, 1.807) is 24.5 Å². The minimum atomic E-state index is -0.953. The summed E-state index contributed by atoms with van der Waals surface area (Å²) in [5.41, 5.74) is 0.563. The highest BCUT2D eigenvalue weighted by Gasteiger charge is 2.44. The standard InChI is InChI=1S/C8H6N2O2.C6H12BO2/c11-8(12)6-3-5-1-2-9-4-7(5)10-6;1-5(2)6(3,4)9-7-8-5/h1-4,10H,(H,11,12);1-4H3. The maximum atomic E-state index is 10.5. The zero-order valence-corrected chi connectivity index (χ0v) is 12.5. The third kappa shape index (κ3) is 3.25. The Morgan fingerprint density at radius 1 is 1.29 bits per heavy atom. The van der Waals surface area contributed by atoms with Crippen molar-refractivity contribution in [1.29, 1.82) is 0 Å². The Hall–Kier alpha value is -1.86. The molecule has 1 fully saturated rings. The van der Waals surface area contributed by atoms with Gasteiger partial charge in [0, 0.05) is 11.6 Å². The van der Waals surface area contributed by atoms with Gasteiger partial charge in [-0.3, -0.25) is 4.98 Å². The Morgan fingerprint density at radius 3 is 2.33 bits per heavy atom. The predicted molar refractivity (Wildman–Crippen MR) is 79.1 cm³/mol. The van der Waals surface area contributed by atoms with Crippen molar-refractivity contribution < 1.29 is 19.2 Å². The molecule has 3 rings (SSSR count). The Labute approximate surface area is 123 Å². The second-order valence-electron chi connectivity index (χ2n) is 5.80. The number of hydrogen-bond acceptors (Lipinski definition) is 4. The number of nitrogens with zero attached hydrogens (tertiary/aromatic N) is 1. The molecule has 0 saturated carbocycles. The van der Waals surface area contributed by atoms with Crippen molar-refractivity contribution in [2.45, 2.75) is 38.9 Å². The van der Waals surface area contributed by atoms with Gasteiger partial charge >= 0.3 is 13.7 Å². The van der Waals surface area contributed by atoms with E-state index in [1.807, 2.05) is 27.7 Å². The third-order valence-corrected chi connectivity index (χ3v) is 3.79. The molecular formula is C14H18BN2O4. The minimum absolute atomic E-state index is 0.187. The van der Waals surface area contributed by atoms with Crippen LogP contribution in [0.2, 0.25) is 0 Å². The van der Waals surface area contributed by atoms with E-state index in [-0.39, 0.29) is 16.9 Å². The number of aromatic amines is 1. The first-order valence-corrected chi connectivity index (χ1v) is 6.56. The number of pyridine rings is 1. The summed E-state index contributed by atoms with van der Waals surface area (Å²) in [5.74, 6) is -0.953. The highest BCUT2D eigenvalue weighted by atomic mass is 16.7. The first-order chi connectivity index (χ1) is 9.73. The number of aromatic nitrogens is 2. The van der Waals surface area contributed by atoms with Crippen LogP contribution in [-0.4, -0.2) is 39.9 Å². The van der Waals surface area contributed by atoms with Crippen molar-refractivity contribution in [3.05, 3.63) is 30.2 Å². The summed E-state index contributed by atoms with van der Waals surface area (Å²) < 4.78 is 10.4. The Bertz CT molecular complexity index is 604. The molecule has 7 heteroatoms. The van der Waals surface area contributed by atoms with Crippen molar-refractivity contribution in [3.63, 3.8) is 0 Å². The number of hydrogen-bond donors (Lipinski definition) is 2. The fraction of sp³-hybridized carbons (Fsp3) is 0.429.